The van der Waals surface area contributed by atoms with E-state index >= 15 is 0 Å². The van der Waals surface area contributed by atoms with E-state index in [2.05, 4.69) is 19.2 Å². The second kappa shape index (κ2) is 5.28. The van der Waals surface area contributed by atoms with E-state index in [4.69, 9.17) is 9.47 Å². The van der Waals surface area contributed by atoms with Gasteiger partial charge in [0.25, 0.3) is 0 Å². The lowest BCUT2D eigenvalue weighted by molar-refractivity contribution is 0.0532. The van der Waals surface area contributed by atoms with Gasteiger partial charge in [-0.15, -0.1) is 0 Å². The Balaban J connectivity index is 1.73. The first-order valence-electron chi connectivity index (χ1n) is 6.20. The summed E-state index contributed by atoms with van der Waals surface area (Å²) in [5, 5.41) is 3.60. The van der Waals surface area contributed by atoms with E-state index in [1.165, 1.54) is 12.8 Å². The van der Waals surface area contributed by atoms with E-state index in [-0.39, 0.29) is 0 Å². The first kappa shape index (κ1) is 11.4. The maximum atomic E-state index is 5.77. The van der Waals surface area contributed by atoms with Crippen LogP contribution < -0.4 is 5.32 Å². The van der Waals surface area contributed by atoms with E-state index < -0.39 is 0 Å². The van der Waals surface area contributed by atoms with E-state index in [0.717, 1.165) is 26.4 Å². The predicted molar refractivity (Wildman–Crippen MR) is 59.9 cm³/mol. The molecule has 2 fully saturated rings. The minimum Gasteiger partial charge on any atom is -0.380 e. The molecule has 3 atom stereocenters. The van der Waals surface area contributed by atoms with Gasteiger partial charge in [-0.1, -0.05) is 13.8 Å². The van der Waals surface area contributed by atoms with Crippen LogP contribution in [0, 0.1) is 11.8 Å². The van der Waals surface area contributed by atoms with Gasteiger partial charge in [0.05, 0.1) is 12.7 Å². The average Bonchev–Trinajstić information content (AvgIpc) is 2.86. The highest BCUT2D eigenvalue weighted by Gasteiger charge is 2.31. The summed E-state index contributed by atoms with van der Waals surface area (Å²) in [7, 11) is 0. The third-order valence-corrected chi connectivity index (χ3v) is 3.52. The van der Waals surface area contributed by atoms with E-state index in [0.29, 0.717) is 24.0 Å². The summed E-state index contributed by atoms with van der Waals surface area (Å²) in [5.74, 6) is 1.34. The fourth-order valence-electron chi connectivity index (χ4n) is 2.62. The van der Waals surface area contributed by atoms with Crippen LogP contribution in [0.4, 0.5) is 0 Å². The van der Waals surface area contributed by atoms with Gasteiger partial charge >= 0.3 is 0 Å². The maximum absolute atomic E-state index is 5.77. The summed E-state index contributed by atoms with van der Waals surface area (Å²) in [5.41, 5.74) is 0. The largest absolute Gasteiger partial charge is 0.380 e. The lowest BCUT2D eigenvalue weighted by Gasteiger charge is -2.23. The minimum absolute atomic E-state index is 0.458. The number of ether oxygens (including phenoxy) is 2. The van der Waals surface area contributed by atoms with Gasteiger partial charge in [0, 0.05) is 25.8 Å². The Labute approximate surface area is 92.5 Å². The predicted octanol–water partition coefficient (Wildman–Crippen LogP) is 1.43. The molecule has 0 amide bonds. The van der Waals surface area contributed by atoms with Crippen molar-refractivity contribution in [3.05, 3.63) is 0 Å². The third-order valence-electron chi connectivity index (χ3n) is 3.52. The number of hydrogen-bond donors (Lipinski definition) is 1. The van der Waals surface area contributed by atoms with Crippen LogP contribution in [0.25, 0.3) is 0 Å². The summed E-state index contributed by atoms with van der Waals surface area (Å²) in [4.78, 5) is 0. The van der Waals surface area contributed by atoms with Crippen molar-refractivity contribution in [2.75, 3.05) is 26.4 Å². The van der Waals surface area contributed by atoms with Crippen LogP contribution in [0.5, 0.6) is 0 Å². The highest BCUT2D eigenvalue weighted by Crippen LogP contribution is 2.26. The molecule has 3 heteroatoms. The van der Waals surface area contributed by atoms with Crippen LogP contribution in [0.15, 0.2) is 0 Å². The van der Waals surface area contributed by atoms with Gasteiger partial charge in [-0.05, 0) is 24.7 Å². The Morgan fingerprint density at radius 1 is 1.27 bits per heavy atom. The van der Waals surface area contributed by atoms with Crippen LogP contribution in [0.3, 0.4) is 0 Å². The van der Waals surface area contributed by atoms with Crippen LogP contribution in [0.2, 0.25) is 0 Å². The first-order chi connectivity index (χ1) is 7.27. The zero-order valence-electron chi connectivity index (χ0n) is 9.87. The van der Waals surface area contributed by atoms with Crippen molar-refractivity contribution >= 4 is 0 Å². The van der Waals surface area contributed by atoms with Crippen molar-refractivity contribution in [1.29, 1.82) is 0 Å². The van der Waals surface area contributed by atoms with E-state index in [9.17, 15) is 0 Å². The molecular weight excluding hydrogens is 190 g/mol. The molecule has 15 heavy (non-hydrogen) atoms. The second-order valence-corrected chi connectivity index (χ2v) is 5.10. The van der Waals surface area contributed by atoms with Crippen LogP contribution >= 0.6 is 0 Å². The average molecular weight is 213 g/mol. The molecule has 0 radical (unpaired) electrons. The molecule has 88 valence electrons. The van der Waals surface area contributed by atoms with Gasteiger partial charge in [-0.25, -0.2) is 0 Å². The molecule has 2 aliphatic rings. The number of rotatable bonds is 4. The monoisotopic (exact) mass is 213 g/mol. The molecule has 0 aromatic carbocycles. The van der Waals surface area contributed by atoms with Crippen molar-refractivity contribution in [3.63, 3.8) is 0 Å². The van der Waals surface area contributed by atoms with Crippen molar-refractivity contribution in [2.45, 2.75) is 38.8 Å². The zero-order valence-corrected chi connectivity index (χ0v) is 9.87. The Morgan fingerprint density at radius 2 is 2.13 bits per heavy atom. The molecule has 0 bridgehead atoms. The Morgan fingerprint density at radius 3 is 2.80 bits per heavy atom. The molecule has 2 heterocycles. The van der Waals surface area contributed by atoms with Crippen LogP contribution in [0.1, 0.15) is 26.7 Å². The molecule has 0 saturated carbocycles. The lowest BCUT2D eigenvalue weighted by atomic mass is 9.93. The molecule has 2 rings (SSSR count). The van der Waals surface area contributed by atoms with Crippen LogP contribution in [-0.4, -0.2) is 38.5 Å². The van der Waals surface area contributed by atoms with Crippen molar-refractivity contribution in [3.8, 4) is 0 Å². The zero-order chi connectivity index (χ0) is 10.7. The summed E-state index contributed by atoms with van der Waals surface area (Å²) in [6.07, 6.45) is 2.84. The number of hydrogen-bond acceptors (Lipinski definition) is 3. The summed E-state index contributed by atoms with van der Waals surface area (Å²) in [6, 6.07) is 0.582. The Bertz CT molecular complexity index is 190. The molecule has 1 unspecified atom stereocenters. The highest BCUT2D eigenvalue weighted by atomic mass is 16.5. The second-order valence-electron chi connectivity index (χ2n) is 5.10. The molecule has 3 nitrogen and oxygen atoms in total. The summed E-state index contributed by atoms with van der Waals surface area (Å²) < 4.78 is 11.1. The molecule has 0 aromatic rings. The molecule has 0 spiro atoms. The minimum atomic E-state index is 0.458. The molecule has 0 aliphatic carbocycles. The summed E-state index contributed by atoms with van der Waals surface area (Å²) in [6.45, 7) is 8.35. The van der Waals surface area contributed by atoms with Gasteiger partial charge < -0.3 is 14.8 Å². The fourth-order valence-corrected chi connectivity index (χ4v) is 2.62. The van der Waals surface area contributed by atoms with Gasteiger partial charge in [0.1, 0.15) is 0 Å². The fraction of sp³-hybridized carbons (Fsp3) is 1.00. The molecule has 1 N–H and O–H groups in total. The summed E-state index contributed by atoms with van der Waals surface area (Å²) >= 11 is 0. The van der Waals surface area contributed by atoms with Gasteiger partial charge in [-0.2, -0.15) is 0 Å². The highest BCUT2D eigenvalue weighted by molar-refractivity contribution is 4.82. The molecule has 2 saturated heterocycles. The lowest BCUT2D eigenvalue weighted by Crippen LogP contribution is -2.37. The van der Waals surface area contributed by atoms with Crippen molar-refractivity contribution < 1.29 is 9.47 Å². The third kappa shape index (κ3) is 2.92. The maximum Gasteiger partial charge on any atom is 0.0639 e. The molecular formula is C12H23NO2. The van der Waals surface area contributed by atoms with Gasteiger partial charge in [0.15, 0.2) is 0 Å². The topological polar surface area (TPSA) is 30.5 Å². The molecule has 0 aromatic heterocycles. The Kier molecular flexibility index (Phi) is 4.00. The van der Waals surface area contributed by atoms with Crippen molar-refractivity contribution in [1.82, 2.24) is 5.32 Å². The van der Waals surface area contributed by atoms with E-state index in [1.54, 1.807) is 0 Å². The van der Waals surface area contributed by atoms with Crippen molar-refractivity contribution in [2.24, 2.45) is 11.8 Å². The van der Waals surface area contributed by atoms with Gasteiger partial charge in [-0.3, -0.25) is 0 Å². The quantitative estimate of drug-likeness (QED) is 0.766. The van der Waals surface area contributed by atoms with Gasteiger partial charge in [0.2, 0.25) is 0 Å². The SMILES string of the molecule is CC(C)[C@H]1OCC[C@@H]1CNC1CCOC1. The van der Waals surface area contributed by atoms with Crippen LogP contribution in [-0.2, 0) is 9.47 Å². The number of nitrogens with one attached hydrogen (secondary N) is 1. The smallest absolute Gasteiger partial charge is 0.0639 e. The first-order valence-corrected chi connectivity index (χ1v) is 6.20. The normalized spacial score (nSPS) is 36.6. The standard InChI is InChI=1S/C12H23NO2/c1-9(2)12-10(3-6-15-12)7-13-11-4-5-14-8-11/h9-13H,3-8H2,1-2H3/t10-,11?,12-/m1/s1. The van der Waals surface area contributed by atoms with E-state index in [1.807, 2.05) is 0 Å². The Hall–Kier alpha value is -0.120. The molecule has 2 aliphatic heterocycles.